The number of piperazine rings is 1. The van der Waals surface area contributed by atoms with Crippen molar-refractivity contribution in [3.63, 3.8) is 0 Å². The zero-order chi connectivity index (χ0) is 26.5. The molecule has 38 heavy (non-hydrogen) atoms. The van der Waals surface area contributed by atoms with Crippen molar-refractivity contribution in [2.75, 3.05) is 37.7 Å². The van der Waals surface area contributed by atoms with Crippen LogP contribution in [0.1, 0.15) is 16.7 Å². The number of hydrogen-bond acceptors (Lipinski definition) is 4. The van der Waals surface area contributed by atoms with Crippen LogP contribution in [0.2, 0.25) is 0 Å². The molecule has 1 aromatic heterocycles. The molecule has 0 unspecified atom stereocenters. The van der Waals surface area contributed by atoms with Gasteiger partial charge < -0.3 is 19.1 Å². The topological polar surface area (TPSA) is 61.5 Å². The number of anilines is 1. The summed E-state index contributed by atoms with van der Waals surface area (Å²) in [6.07, 6.45) is 3.74. The second kappa shape index (κ2) is 11.3. The molecule has 3 aromatic carbocycles. The summed E-state index contributed by atoms with van der Waals surface area (Å²) in [4.78, 5) is 17.4. The molecule has 2 heterocycles. The van der Waals surface area contributed by atoms with Gasteiger partial charge in [-0.3, -0.25) is 4.79 Å². The molecule has 0 aliphatic carbocycles. The lowest BCUT2D eigenvalue weighted by molar-refractivity contribution is -0.126. The Hall–Kier alpha value is -4.50. The Balaban J connectivity index is 1.31. The van der Waals surface area contributed by atoms with Gasteiger partial charge in [0, 0.05) is 54.5 Å². The lowest BCUT2D eigenvalue weighted by Gasteiger charge is -2.36. The van der Waals surface area contributed by atoms with Crippen LogP contribution >= 0.6 is 0 Å². The summed E-state index contributed by atoms with van der Waals surface area (Å²) in [7, 11) is 0. The standard InChI is InChI=1S/C32H32N4O2/c1-24-12-13-25(2)31(20-24)38-19-18-36-23-27(29-10-6-7-11-30(29)36)21-26(22-33)32(37)35-16-14-34(15-17-35)28-8-4-3-5-9-28/h3-13,20-21,23H,14-19H2,1-2H3. The number of nitriles is 1. The third-order valence-corrected chi connectivity index (χ3v) is 7.09. The highest BCUT2D eigenvalue weighted by atomic mass is 16.5. The average Bonchev–Trinajstić information content (AvgIpc) is 3.31. The Morgan fingerprint density at radius 3 is 2.47 bits per heavy atom. The summed E-state index contributed by atoms with van der Waals surface area (Å²) >= 11 is 0. The first-order chi connectivity index (χ1) is 18.5. The highest BCUT2D eigenvalue weighted by Crippen LogP contribution is 2.25. The summed E-state index contributed by atoms with van der Waals surface area (Å²) in [6.45, 7) is 7.93. The van der Waals surface area contributed by atoms with Crippen molar-refractivity contribution in [3.8, 4) is 11.8 Å². The van der Waals surface area contributed by atoms with Gasteiger partial charge in [0.2, 0.25) is 0 Å². The van der Waals surface area contributed by atoms with Crippen molar-refractivity contribution in [1.82, 2.24) is 9.47 Å². The Kier molecular flexibility index (Phi) is 7.46. The van der Waals surface area contributed by atoms with Crippen molar-refractivity contribution in [1.29, 1.82) is 5.26 Å². The first kappa shape index (κ1) is 25.2. The summed E-state index contributed by atoms with van der Waals surface area (Å²) < 4.78 is 8.22. The number of rotatable bonds is 7. The van der Waals surface area contributed by atoms with Gasteiger partial charge in [0.05, 0.1) is 6.54 Å². The molecule has 0 atom stereocenters. The van der Waals surface area contributed by atoms with Crippen LogP contribution in [0.4, 0.5) is 5.69 Å². The van der Waals surface area contributed by atoms with Gasteiger partial charge in [-0.25, -0.2) is 0 Å². The Labute approximate surface area is 224 Å². The second-order valence-electron chi connectivity index (χ2n) is 9.70. The minimum absolute atomic E-state index is 0.160. The van der Waals surface area contributed by atoms with Gasteiger partial charge >= 0.3 is 0 Å². The Morgan fingerprint density at radius 2 is 1.71 bits per heavy atom. The summed E-state index contributed by atoms with van der Waals surface area (Å²) in [6, 6.07) is 26.7. The molecule has 0 bridgehead atoms. The fraction of sp³-hybridized carbons (Fsp3) is 0.250. The van der Waals surface area contributed by atoms with Crippen LogP contribution in [0, 0.1) is 25.2 Å². The van der Waals surface area contributed by atoms with Gasteiger partial charge in [0.25, 0.3) is 5.91 Å². The van der Waals surface area contributed by atoms with Crippen LogP contribution in [0.15, 0.2) is 84.6 Å². The van der Waals surface area contributed by atoms with Crippen molar-refractivity contribution >= 4 is 28.6 Å². The number of fused-ring (bicyclic) bond motifs is 1. The van der Waals surface area contributed by atoms with Gasteiger partial charge in [-0.2, -0.15) is 5.26 Å². The molecule has 1 amide bonds. The maximum Gasteiger partial charge on any atom is 0.264 e. The first-order valence-corrected chi connectivity index (χ1v) is 13.0. The van der Waals surface area contributed by atoms with E-state index in [1.807, 2.05) is 49.5 Å². The molecule has 6 heteroatoms. The molecule has 5 rings (SSSR count). The maximum atomic E-state index is 13.3. The first-order valence-electron chi connectivity index (χ1n) is 13.0. The predicted octanol–water partition coefficient (Wildman–Crippen LogP) is 5.59. The molecular weight excluding hydrogens is 472 g/mol. The van der Waals surface area contributed by atoms with E-state index in [2.05, 4.69) is 58.9 Å². The summed E-state index contributed by atoms with van der Waals surface area (Å²) in [5.41, 5.74) is 5.50. The van der Waals surface area contributed by atoms with Crippen LogP contribution in [-0.4, -0.2) is 48.2 Å². The highest BCUT2D eigenvalue weighted by molar-refractivity contribution is 6.04. The summed E-state index contributed by atoms with van der Waals surface area (Å²) in [5, 5.41) is 10.9. The van der Waals surface area contributed by atoms with E-state index in [1.165, 1.54) is 5.56 Å². The van der Waals surface area contributed by atoms with Crippen LogP contribution < -0.4 is 9.64 Å². The van der Waals surface area contributed by atoms with Gasteiger partial charge in [-0.05, 0) is 55.3 Å². The fourth-order valence-corrected chi connectivity index (χ4v) is 4.97. The molecule has 192 valence electrons. The maximum absolute atomic E-state index is 13.3. The van der Waals surface area contributed by atoms with Crippen LogP contribution in [0.3, 0.4) is 0 Å². The number of nitrogens with zero attached hydrogens (tertiary/aromatic N) is 4. The molecule has 0 saturated carbocycles. The van der Waals surface area contributed by atoms with Gasteiger partial charge in [-0.1, -0.05) is 48.5 Å². The Morgan fingerprint density at radius 1 is 0.974 bits per heavy atom. The number of hydrogen-bond donors (Lipinski definition) is 0. The molecule has 4 aromatic rings. The van der Waals surface area contributed by atoms with Crippen molar-refractivity contribution in [3.05, 3.63) is 101 Å². The van der Waals surface area contributed by atoms with Crippen molar-refractivity contribution in [2.45, 2.75) is 20.4 Å². The number of carbonyl (C=O) groups excluding carboxylic acids is 1. The molecule has 0 spiro atoms. The molecule has 1 aliphatic heterocycles. The Bertz CT molecular complexity index is 1510. The normalized spacial score (nSPS) is 14.0. The fourth-order valence-electron chi connectivity index (χ4n) is 4.97. The zero-order valence-corrected chi connectivity index (χ0v) is 21.9. The van der Waals surface area contributed by atoms with Gasteiger partial charge in [-0.15, -0.1) is 0 Å². The molecule has 0 N–H and O–H groups in total. The molecule has 6 nitrogen and oxygen atoms in total. The number of para-hydroxylation sites is 2. The second-order valence-corrected chi connectivity index (χ2v) is 9.70. The quantitative estimate of drug-likeness (QED) is 0.243. The minimum atomic E-state index is -0.213. The molecule has 1 saturated heterocycles. The van der Waals surface area contributed by atoms with E-state index in [-0.39, 0.29) is 11.5 Å². The van der Waals surface area contributed by atoms with E-state index in [0.717, 1.165) is 46.6 Å². The predicted molar refractivity (Wildman–Crippen MR) is 152 cm³/mol. The number of aromatic nitrogens is 1. The van der Waals surface area contributed by atoms with Crippen molar-refractivity contribution < 1.29 is 9.53 Å². The number of ether oxygens (including phenoxy) is 1. The number of amides is 1. The average molecular weight is 505 g/mol. The van der Waals surface area contributed by atoms with Crippen LogP contribution in [-0.2, 0) is 11.3 Å². The monoisotopic (exact) mass is 504 g/mol. The van der Waals surface area contributed by atoms with Gasteiger partial charge in [0.1, 0.15) is 24.0 Å². The molecule has 1 aliphatic rings. The minimum Gasteiger partial charge on any atom is -0.491 e. The molecule has 1 fully saturated rings. The van der Waals surface area contributed by atoms with Crippen LogP contribution in [0.25, 0.3) is 17.0 Å². The number of carbonyl (C=O) groups is 1. The van der Waals surface area contributed by atoms with Crippen LogP contribution in [0.5, 0.6) is 5.75 Å². The van der Waals surface area contributed by atoms with Crippen molar-refractivity contribution in [2.24, 2.45) is 0 Å². The van der Waals surface area contributed by atoms with E-state index in [1.54, 1.807) is 11.0 Å². The summed E-state index contributed by atoms with van der Waals surface area (Å²) in [5.74, 6) is 0.682. The largest absolute Gasteiger partial charge is 0.491 e. The van der Waals surface area contributed by atoms with Gasteiger partial charge in [0.15, 0.2) is 0 Å². The van der Waals surface area contributed by atoms with E-state index < -0.39 is 0 Å². The lowest BCUT2D eigenvalue weighted by Crippen LogP contribution is -2.49. The number of benzene rings is 3. The molecule has 0 radical (unpaired) electrons. The van der Waals surface area contributed by atoms with E-state index >= 15 is 0 Å². The third-order valence-electron chi connectivity index (χ3n) is 7.09. The van der Waals surface area contributed by atoms with E-state index in [4.69, 9.17) is 4.74 Å². The molecular formula is C32H32N4O2. The van der Waals surface area contributed by atoms with E-state index in [0.29, 0.717) is 26.2 Å². The smallest absolute Gasteiger partial charge is 0.264 e. The van der Waals surface area contributed by atoms with E-state index in [9.17, 15) is 10.1 Å². The third kappa shape index (κ3) is 5.42. The highest BCUT2D eigenvalue weighted by Gasteiger charge is 2.24. The lowest BCUT2D eigenvalue weighted by atomic mass is 10.1. The SMILES string of the molecule is Cc1ccc(C)c(OCCn2cc(C=C(C#N)C(=O)N3CCN(c4ccccc4)CC3)c3ccccc32)c1. The zero-order valence-electron chi connectivity index (χ0n) is 21.9. The number of aryl methyl sites for hydroxylation is 2.